The fourth-order valence-corrected chi connectivity index (χ4v) is 1.56. The minimum absolute atomic E-state index is 0.0252. The summed E-state index contributed by atoms with van der Waals surface area (Å²) in [5.41, 5.74) is 5.68. The van der Waals surface area contributed by atoms with E-state index in [2.05, 4.69) is 9.97 Å². The van der Waals surface area contributed by atoms with Gasteiger partial charge in [-0.05, 0) is 18.6 Å². The van der Waals surface area contributed by atoms with E-state index in [1.54, 1.807) is 0 Å². The Morgan fingerprint density at radius 2 is 1.89 bits per heavy atom. The standard InChI is InChI=1S/C12H10F3N3/c1-6-11(15)12(16)18-10(17-6)4-7-2-3-8(13)5-9(7)14/h2-3,5H,4H2,1H3,(H2,16,17,18). The lowest BCUT2D eigenvalue weighted by Gasteiger charge is -2.05. The first-order valence-corrected chi connectivity index (χ1v) is 5.20. The molecule has 0 aliphatic rings. The van der Waals surface area contributed by atoms with Gasteiger partial charge in [0.15, 0.2) is 11.6 Å². The highest BCUT2D eigenvalue weighted by atomic mass is 19.1. The van der Waals surface area contributed by atoms with E-state index in [0.717, 1.165) is 12.1 Å². The molecule has 0 aliphatic carbocycles. The molecule has 6 heteroatoms. The van der Waals surface area contributed by atoms with Gasteiger partial charge in [-0.25, -0.2) is 23.1 Å². The molecule has 0 saturated carbocycles. The zero-order valence-electron chi connectivity index (χ0n) is 9.54. The Morgan fingerprint density at radius 3 is 2.50 bits per heavy atom. The molecule has 0 fully saturated rings. The molecule has 2 rings (SSSR count). The molecular formula is C12H10F3N3. The van der Waals surface area contributed by atoms with Crippen LogP contribution in [0.15, 0.2) is 18.2 Å². The first-order valence-electron chi connectivity index (χ1n) is 5.20. The van der Waals surface area contributed by atoms with Crippen molar-refractivity contribution in [3.8, 4) is 0 Å². The molecule has 2 aromatic rings. The summed E-state index contributed by atoms with van der Waals surface area (Å²) in [6.45, 7) is 1.44. The van der Waals surface area contributed by atoms with Crippen molar-refractivity contribution in [3.63, 3.8) is 0 Å². The number of rotatable bonds is 2. The monoisotopic (exact) mass is 253 g/mol. The Kier molecular flexibility index (Phi) is 3.18. The number of nitrogens with zero attached hydrogens (tertiary/aromatic N) is 2. The number of hydrogen-bond donors (Lipinski definition) is 1. The van der Waals surface area contributed by atoms with Crippen molar-refractivity contribution >= 4 is 5.82 Å². The van der Waals surface area contributed by atoms with E-state index in [9.17, 15) is 13.2 Å². The van der Waals surface area contributed by atoms with Crippen molar-refractivity contribution in [2.75, 3.05) is 5.73 Å². The van der Waals surface area contributed by atoms with Gasteiger partial charge < -0.3 is 5.73 Å². The van der Waals surface area contributed by atoms with Crippen LogP contribution in [0.5, 0.6) is 0 Å². The Bertz CT molecular complexity index is 576. The predicted molar refractivity (Wildman–Crippen MR) is 60.3 cm³/mol. The van der Waals surface area contributed by atoms with Crippen LogP contribution < -0.4 is 5.73 Å². The maximum Gasteiger partial charge on any atom is 0.186 e. The van der Waals surface area contributed by atoms with E-state index >= 15 is 0 Å². The zero-order valence-corrected chi connectivity index (χ0v) is 9.54. The molecule has 1 heterocycles. The van der Waals surface area contributed by atoms with Crippen molar-refractivity contribution in [1.29, 1.82) is 0 Å². The van der Waals surface area contributed by atoms with Gasteiger partial charge in [-0.15, -0.1) is 0 Å². The maximum atomic E-state index is 13.4. The summed E-state index contributed by atoms with van der Waals surface area (Å²) >= 11 is 0. The first kappa shape index (κ1) is 12.3. The molecule has 0 amide bonds. The fourth-order valence-electron chi connectivity index (χ4n) is 1.56. The number of benzene rings is 1. The van der Waals surface area contributed by atoms with E-state index < -0.39 is 17.5 Å². The molecule has 0 radical (unpaired) electrons. The highest BCUT2D eigenvalue weighted by molar-refractivity contribution is 5.33. The van der Waals surface area contributed by atoms with Crippen LogP contribution in [0.3, 0.4) is 0 Å². The van der Waals surface area contributed by atoms with Crippen molar-refractivity contribution < 1.29 is 13.2 Å². The van der Waals surface area contributed by atoms with Crippen LogP contribution in [-0.4, -0.2) is 9.97 Å². The molecule has 18 heavy (non-hydrogen) atoms. The van der Waals surface area contributed by atoms with Gasteiger partial charge in [0.2, 0.25) is 0 Å². The van der Waals surface area contributed by atoms with Crippen LogP contribution in [0, 0.1) is 24.4 Å². The number of anilines is 1. The molecule has 0 unspecified atom stereocenters. The third kappa shape index (κ3) is 2.42. The smallest absolute Gasteiger partial charge is 0.186 e. The summed E-state index contributed by atoms with van der Waals surface area (Å²) in [5.74, 6) is -2.12. The van der Waals surface area contributed by atoms with Gasteiger partial charge in [-0.1, -0.05) is 6.07 Å². The van der Waals surface area contributed by atoms with Crippen LogP contribution in [0.4, 0.5) is 19.0 Å². The lowest BCUT2D eigenvalue weighted by atomic mass is 10.1. The molecular weight excluding hydrogens is 243 g/mol. The minimum Gasteiger partial charge on any atom is -0.381 e. The van der Waals surface area contributed by atoms with Gasteiger partial charge in [0.25, 0.3) is 0 Å². The average Bonchev–Trinajstić information content (AvgIpc) is 2.29. The summed E-state index contributed by atoms with van der Waals surface area (Å²) in [6.07, 6.45) is 0.0252. The second kappa shape index (κ2) is 4.64. The van der Waals surface area contributed by atoms with E-state index in [4.69, 9.17) is 5.73 Å². The van der Waals surface area contributed by atoms with Gasteiger partial charge in [-0.3, -0.25) is 0 Å². The van der Waals surface area contributed by atoms with E-state index in [1.165, 1.54) is 13.0 Å². The van der Waals surface area contributed by atoms with E-state index in [-0.39, 0.29) is 29.3 Å². The summed E-state index contributed by atoms with van der Waals surface area (Å²) < 4.78 is 39.4. The van der Waals surface area contributed by atoms with Gasteiger partial charge in [0, 0.05) is 12.5 Å². The molecule has 0 aliphatic heterocycles. The number of nitrogens with two attached hydrogens (primary N) is 1. The highest BCUT2D eigenvalue weighted by Gasteiger charge is 2.11. The SMILES string of the molecule is Cc1nc(Cc2ccc(F)cc2F)nc(N)c1F. The highest BCUT2D eigenvalue weighted by Crippen LogP contribution is 2.15. The molecule has 94 valence electrons. The van der Waals surface area contributed by atoms with E-state index in [1.807, 2.05) is 0 Å². The van der Waals surface area contributed by atoms with Gasteiger partial charge >= 0.3 is 0 Å². The lowest BCUT2D eigenvalue weighted by molar-refractivity contribution is 0.572. The van der Waals surface area contributed by atoms with Crippen LogP contribution in [0.2, 0.25) is 0 Å². The van der Waals surface area contributed by atoms with Crippen molar-refractivity contribution in [3.05, 3.63) is 52.7 Å². The van der Waals surface area contributed by atoms with Crippen molar-refractivity contribution in [2.45, 2.75) is 13.3 Å². The number of halogens is 3. The van der Waals surface area contributed by atoms with Gasteiger partial charge in [0.05, 0.1) is 5.69 Å². The molecule has 0 bridgehead atoms. The Morgan fingerprint density at radius 1 is 1.17 bits per heavy atom. The maximum absolute atomic E-state index is 13.4. The molecule has 2 N–H and O–H groups in total. The molecule has 1 aromatic carbocycles. The van der Waals surface area contributed by atoms with Gasteiger partial charge in [0.1, 0.15) is 17.5 Å². The number of hydrogen-bond acceptors (Lipinski definition) is 3. The quantitative estimate of drug-likeness (QED) is 0.893. The second-order valence-corrected chi connectivity index (χ2v) is 3.84. The van der Waals surface area contributed by atoms with Gasteiger partial charge in [-0.2, -0.15) is 0 Å². The van der Waals surface area contributed by atoms with Crippen LogP contribution in [0.1, 0.15) is 17.1 Å². The summed E-state index contributed by atoms with van der Waals surface area (Å²) in [7, 11) is 0. The van der Waals surface area contributed by atoms with Crippen LogP contribution >= 0.6 is 0 Å². The normalized spacial score (nSPS) is 10.7. The Hall–Kier alpha value is -2.11. The Balaban J connectivity index is 2.34. The van der Waals surface area contributed by atoms with Crippen LogP contribution in [-0.2, 0) is 6.42 Å². The lowest BCUT2D eigenvalue weighted by Crippen LogP contribution is -2.07. The zero-order chi connectivity index (χ0) is 13.3. The van der Waals surface area contributed by atoms with E-state index in [0.29, 0.717) is 0 Å². The summed E-state index contributed by atoms with van der Waals surface area (Å²) in [6, 6.07) is 3.20. The second-order valence-electron chi connectivity index (χ2n) is 3.84. The average molecular weight is 253 g/mol. The third-order valence-electron chi connectivity index (χ3n) is 2.45. The minimum atomic E-state index is -0.695. The predicted octanol–water partition coefficient (Wildman–Crippen LogP) is 2.38. The topological polar surface area (TPSA) is 51.8 Å². The molecule has 3 nitrogen and oxygen atoms in total. The third-order valence-corrected chi connectivity index (χ3v) is 2.45. The molecule has 1 aromatic heterocycles. The first-order chi connectivity index (χ1) is 8.47. The molecule has 0 saturated heterocycles. The summed E-state index contributed by atoms with van der Waals surface area (Å²) in [4.78, 5) is 7.59. The number of nitrogen functional groups attached to an aromatic ring is 1. The summed E-state index contributed by atoms with van der Waals surface area (Å²) in [5, 5.41) is 0. The fraction of sp³-hybridized carbons (Fsp3) is 0.167. The largest absolute Gasteiger partial charge is 0.381 e. The Labute approximate surface area is 101 Å². The molecule has 0 spiro atoms. The van der Waals surface area contributed by atoms with Crippen molar-refractivity contribution in [2.24, 2.45) is 0 Å². The number of aromatic nitrogens is 2. The molecule has 0 atom stereocenters. The van der Waals surface area contributed by atoms with Crippen molar-refractivity contribution in [1.82, 2.24) is 9.97 Å². The number of aryl methyl sites for hydroxylation is 1. The van der Waals surface area contributed by atoms with Crippen LogP contribution in [0.25, 0.3) is 0 Å².